The van der Waals surface area contributed by atoms with Gasteiger partial charge in [0.05, 0.1) is 11.4 Å². The minimum absolute atomic E-state index is 0.172. The number of phenols is 1. The first kappa shape index (κ1) is 18.7. The Labute approximate surface area is 179 Å². The summed E-state index contributed by atoms with van der Waals surface area (Å²) in [5.41, 5.74) is 3.36. The van der Waals surface area contributed by atoms with Crippen molar-refractivity contribution in [2.75, 3.05) is 0 Å². The average Bonchev–Trinajstić information content (AvgIpc) is 3.14. The van der Waals surface area contributed by atoms with E-state index in [-0.39, 0.29) is 5.75 Å². The second-order valence-electron chi connectivity index (χ2n) is 6.10. The van der Waals surface area contributed by atoms with Crippen molar-refractivity contribution in [3.8, 4) is 22.7 Å². The molecule has 138 valence electrons. The molecule has 0 aliphatic carbocycles. The van der Waals surface area contributed by atoms with Crippen LogP contribution in [0.15, 0.2) is 92.8 Å². The van der Waals surface area contributed by atoms with Crippen LogP contribution in [0, 0.1) is 0 Å². The molecule has 4 aromatic rings. The molecule has 0 atom stereocenters. The maximum atomic E-state index is 10.1. The molecule has 1 N–H and O–H groups in total. The maximum absolute atomic E-state index is 10.1. The third kappa shape index (κ3) is 4.08. The molecule has 0 unspecified atom stereocenters. The summed E-state index contributed by atoms with van der Waals surface area (Å²) in [4.78, 5) is 4.60. The van der Waals surface area contributed by atoms with E-state index in [9.17, 15) is 5.11 Å². The van der Waals surface area contributed by atoms with Crippen molar-refractivity contribution in [3.05, 3.63) is 93.4 Å². The van der Waals surface area contributed by atoms with Gasteiger partial charge in [0.2, 0.25) is 0 Å². The third-order valence-electron chi connectivity index (χ3n) is 4.16. The van der Waals surface area contributed by atoms with Gasteiger partial charge in [0.1, 0.15) is 5.75 Å². The van der Waals surface area contributed by atoms with Gasteiger partial charge in [-0.1, -0.05) is 62.2 Å². The molecular formula is C22H15Br2N3O. The van der Waals surface area contributed by atoms with Crippen molar-refractivity contribution in [2.24, 2.45) is 4.99 Å². The number of nitrogens with zero attached hydrogens (tertiary/aromatic N) is 3. The Bertz CT molecular complexity index is 1140. The Balaban J connectivity index is 1.79. The van der Waals surface area contributed by atoms with Crippen LogP contribution >= 0.6 is 31.9 Å². The van der Waals surface area contributed by atoms with E-state index in [1.54, 1.807) is 23.0 Å². The van der Waals surface area contributed by atoms with E-state index in [4.69, 9.17) is 5.10 Å². The lowest BCUT2D eigenvalue weighted by molar-refractivity contribution is 0.474. The monoisotopic (exact) mass is 495 g/mol. The van der Waals surface area contributed by atoms with E-state index in [1.807, 2.05) is 66.7 Å². The fraction of sp³-hybridized carbons (Fsp3) is 0. The normalized spacial score (nSPS) is 11.2. The number of benzene rings is 3. The van der Waals surface area contributed by atoms with Gasteiger partial charge in [-0.3, -0.25) is 0 Å². The highest BCUT2D eigenvalue weighted by Crippen LogP contribution is 2.28. The van der Waals surface area contributed by atoms with Gasteiger partial charge in [-0.15, -0.1) is 0 Å². The molecule has 0 radical (unpaired) electrons. The molecule has 0 spiro atoms. The van der Waals surface area contributed by atoms with Crippen LogP contribution in [0.25, 0.3) is 16.9 Å². The highest BCUT2D eigenvalue weighted by atomic mass is 79.9. The molecule has 28 heavy (non-hydrogen) atoms. The Morgan fingerprint density at radius 2 is 1.57 bits per heavy atom. The molecule has 1 heterocycles. The van der Waals surface area contributed by atoms with Gasteiger partial charge in [-0.05, 0) is 42.5 Å². The number of phenolic OH excluding ortho intramolecular Hbond substituents is 1. The molecule has 0 aliphatic rings. The predicted octanol–water partition coefficient (Wildman–Crippen LogP) is 6.52. The van der Waals surface area contributed by atoms with Gasteiger partial charge < -0.3 is 5.11 Å². The fourth-order valence-electron chi connectivity index (χ4n) is 2.75. The van der Waals surface area contributed by atoms with E-state index in [2.05, 4.69) is 36.9 Å². The van der Waals surface area contributed by atoms with Gasteiger partial charge in [-0.25, -0.2) is 9.67 Å². The van der Waals surface area contributed by atoms with Crippen LogP contribution in [0.4, 0.5) is 5.82 Å². The van der Waals surface area contributed by atoms with Crippen LogP contribution < -0.4 is 0 Å². The van der Waals surface area contributed by atoms with Crippen LogP contribution in [0.2, 0.25) is 0 Å². The molecule has 0 aliphatic heterocycles. The minimum Gasteiger partial charge on any atom is -0.507 e. The number of aromatic nitrogens is 2. The second-order valence-corrected chi connectivity index (χ2v) is 7.93. The quantitative estimate of drug-likeness (QED) is 0.327. The third-order valence-corrected chi connectivity index (χ3v) is 5.18. The molecule has 4 nitrogen and oxygen atoms in total. The van der Waals surface area contributed by atoms with E-state index in [1.165, 1.54) is 0 Å². The number of rotatable bonds is 4. The second kappa shape index (κ2) is 8.12. The van der Waals surface area contributed by atoms with E-state index in [0.29, 0.717) is 11.4 Å². The van der Waals surface area contributed by atoms with Gasteiger partial charge in [-0.2, -0.15) is 5.10 Å². The summed E-state index contributed by atoms with van der Waals surface area (Å²) >= 11 is 6.88. The van der Waals surface area contributed by atoms with Gasteiger partial charge in [0.25, 0.3) is 0 Å². The van der Waals surface area contributed by atoms with Crippen molar-refractivity contribution in [2.45, 2.75) is 0 Å². The summed E-state index contributed by atoms with van der Waals surface area (Å²) in [7, 11) is 0. The zero-order valence-corrected chi connectivity index (χ0v) is 17.8. The van der Waals surface area contributed by atoms with E-state index < -0.39 is 0 Å². The standard InChI is InChI=1S/C22H15Br2N3O/c23-17-8-6-15(7-9-17)20-13-22(27(26-20)19-4-2-1-3-5-19)25-14-16-12-18(24)10-11-21(16)28/h1-14,28H/b25-14+. The zero-order chi connectivity index (χ0) is 19.5. The smallest absolute Gasteiger partial charge is 0.156 e. The van der Waals surface area contributed by atoms with E-state index >= 15 is 0 Å². The first-order valence-corrected chi connectivity index (χ1v) is 10.1. The molecule has 4 rings (SSSR count). The lowest BCUT2D eigenvalue weighted by Crippen LogP contribution is -1.96. The molecule has 3 aromatic carbocycles. The largest absolute Gasteiger partial charge is 0.507 e. The van der Waals surface area contributed by atoms with Gasteiger partial charge >= 0.3 is 0 Å². The lowest BCUT2D eigenvalue weighted by Gasteiger charge is -2.04. The van der Waals surface area contributed by atoms with Crippen LogP contribution in [0.3, 0.4) is 0 Å². The van der Waals surface area contributed by atoms with Gasteiger partial charge in [0, 0.05) is 32.4 Å². The van der Waals surface area contributed by atoms with Crippen molar-refractivity contribution in [1.29, 1.82) is 0 Å². The number of hydrogen-bond donors (Lipinski definition) is 1. The Kier molecular flexibility index (Phi) is 5.41. The molecular weight excluding hydrogens is 482 g/mol. The van der Waals surface area contributed by atoms with E-state index in [0.717, 1.165) is 25.9 Å². The van der Waals surface area contributed by atoms with Crippen LogP contribution in [0.1, 0.15) is 5.56 Å². The maximum Gasteiger partial charge on any atom is 0.156 e. The average molecular weight is 497 g/mol. The molecule has 0 saturated carbocycles. The zero-order valence-electron chi connectivity index (χ0n) is 14.6. The van der Waals surface area contributed by atoms with Crippen LogP contribution in [-0.4, -0.2) is 21.1 Å². The number of halogens is 2. The first-order chi connectivity index (χ1) is 13.6. The summed E-state index contributed by atoms with van der Waals surface area (Å²) in [5.74, 6) is 0.842. The number of aromatic hydroxyl groups is 1. The molecule has 0 saturated heterocycles. The van der Waals surface area contributed by atoms with Gasteiger partial charge in [0.15, 0.2) is 5.82 Å². The highest BCUT2D eigenvalue weighted by molar-refractivity contribution is 9.10. The number of aliphatic imine (C=N–C) groups is 1. The minimum atomic E-state index is 0.172. The topological polar surface area (TPSA) is 50.4 Å². The molecule has 0 fully saturated rings. The van der Waals surface area contributed by atoms with Crippen molar-refractivity contribution in [3.63, 3.8) is 0 Å². The highest BCUT2D eigenvalue weighted by Gasteiger charge is 2.11. The summed E-state index contributed by atoms with van der Waals surface area (Å²) in [6.07, 6.45) is 1.64. The van der Waals surface area contributed by atoms with Crippen molar-refractivity contribution >= 4 is 43.9 Å². The SMILES string of the molecule is Oc1ccc(Br)cc1/C=N/c1cc(-c2ccc(Br)cc2)nn1-c1ccccc1. The first-order valence-electron chi connectivity index (χ1n) is 8.54. The fourth-order valence-corrected chi connectivity index (χ4v) is 3.39. The summed E-state index contributed by atoms with van der Waals surface area (Å²) in [5, 5.41) is 14.8. The molecule has 0 bridgehead atoms. The Morgan fingerprint density at radius 3 is 2.32 bits per heavy atom. The molecule has 0 amide bonds. The summed E-state index contributed by atoms with van der Waals surface area (Å²) in [6.45, 7) is 0. The molecule has 6 heteroatoms. The van der Waals surface area contributed by atoms with Crippen molar-refractivity contribution in [1.82, 2.24) is 9.78 Å². The number of para-hydroxylation sites is 1. The molecule has 1 aromatic heterocycles. The Hall–Kier alpha value is -2.70. The lowest BCUT2D eigenvalue weighted by atomic mass is 10.1. The van der Waals surface area contributed by atoms with Crippen LogP contribution in [0.5, 0.6) is 5.75 Å². The predicted molar refractivity (Wildman–Crippen MR) is 120 cm³/mol. The summed E-state index contributed by atoms with van der Waals surface area (Å²) < 4.78 is 3.68. The Morgan fingerprint density at radius 1 is 0.857 bits per heavy atom. The number of hydrogen-bond acceptors (Lipinski definition) is 3. The van der Waals surface area contributed by atoms with Crippen molar-refractivity contribution < 1.29 is 5.11 Å². The summed E-state index contributed by atoms with van der Waals surface area (Å²) in [6, 6.07) is 25.0. The van der Waals surface area contributed by atoms with Crippen LogP contribution in [-0.2, 0) is 0 Å².